The van der Waals surface area contributed by atoms with E-state index in [4.69, 9.17) is 18.9 Å². The molecule has 156 valence electrons. The van der Waals surface area contributed by atoms with Crippen LogP contribution in [0.5, 0.6) is 23.0 Å². The van der Waals surface area contributed by atoms with Gasteiger partial charge in [0, 0.05) is 0 Å². The third-order valence-electron chi connectivity index (χ3n) is 4.39. The minimum absolute atomic E-state index is 0.00155. The maximum absolute atomic E-state index is 12.8. The summed E-state index contributed by atoms with van der Waals surface area (Å²) in [6.45, 7) is 3.92. The Kier molecular flexibility index (Phi) is 7.88. The fourth-order valence-corrected chi connectivity index (χ4v) is 2.91. The van der Waals surface area contributed by atoms with Gasteiger partial charge in [0.05, 0.1) is 33.2 Å². The molecule has 2 aromatic carbocycles. The maximum Gasteiger partial charge on any atom is 0.318 e. The standard InChI is InChI=1S/C22H26O7/c1-5-16(15-8-9-17(23)19(13-15)26-3)22(25)29-18-10-7-14(11-20(18)27-4)12-21(24)28-6-2/h7-11,13,16,23H,5-6,12H2,1-4H3. The minimum atomic E-state index is -0.548. The van der Waals surface area contributed by atoms with Crippen LogP contribution < -0.4 is 14.2 Å². The maximum atomic E-state index is 12.8. The summed E-state index contributed by atoms with van der Waals surface area (Å²) < 4.78 is 20.9. The highest BCUT2D eigenvalue weighted by Crippen LogP contribution is 2.34. The Morgan fingerprint density at radius 1 is 0.966 bits per heavy atom. The van der Waals surface area contributed by atoms with Crippen LogP contribution in [0, 0.1) is 0 Å². The second-order valence-corrected chi connectivity index (χ2v) is 6.28. The summed E-state index contributed by atoms with van der Waals surface area (Å²) in [6.07, 6.45) is 0.597. The largest absolute Gasteiger partial charge is 0.504 e. The average molecular weight is 402 g/mol. The Morgan fingerprint density at radius 2 is 1.69 bits per heavy atom. The molecule has 7 nitrogen and oxygen atoms in total. The Morgan fingerprint density at radius 3 is 2.31 bits per heavy atom. The number of carbonyl (C=O) groups is 2. The average Bonchev–Trinajstić information content (AvgIpc) is 2.71. The van der Waals surface area contributed by atoms with Gasteiger partial charge in [0.2, 0.25) is 0 Å². The predicted octanol–water partition coefficient (Wildman–Crippen LogP) is 3.61. The van der Waals surface area contributed by atoms with Crippen molar-refractivity contribution in [3.8, 4) is 23.0 Å². The Hall–Kier alpha value is -3.22. The number of ether oxygens (including phenoxy) is 4. The van der Waals surface area contributed by atoms with Crippen LogP contribution in [0.1, 0.15) is 37.3 Å². The van der Waals surface area contributed by atoms with E-state index in [1.807, 2.05) is 6.92 Å². The molecule has 0 radical (unpaired) electrons. The van der Waals surface area contributed by atoms with Crippen LogP contribution in [-0.2, 0) is 20.7 Å². The first kappa shape index (κ1) is 22.1. The van der Waals surface area contributed by atoms with E-state index in [0.29, 0.717) is 29.9 Å². The Balaban J connectivity index is 2.20. The van der Waals surface area contributed by atoms with Crippen LogP contribution in [0.3, 0.4) is 0 Å². The molecule has 0 fully saturated rings. The fourth-order valence-electron chi connectivity index (χ4n) is 2.91. The minimum Gasteiger partial charge on any atom is -0.504 e. The molecular weight excluding hydrogens is 376 g/mol. The van der Waals surface area contributed by atoms with Crippen molar-refractivity contribution in [3.63, 3.8) is 0 Å². The van der Waals surface area contributed by atoms with Gasteiger partial charge >= 0.3 is 11.9 Å². The summed E-state index contributed by atoms with van der Waals surface area (Å²) in [5, 5.41) is 9.76. The third-order valence-corrected chi connectivity index (χ3v) is 4.39. The molecule has 0 saturated carbocycles. The molecule has 1 unspecified atom stereocenters. The summed E-state index contributed by atoms with van der Waals surface area (Å²) in [4.78, 5) is 24.4. The van der Waals surface area contributed by atoms with Crippen LogP contribution in [0.25, 0.3) is 0 Å². The Bertz CT molecular complexity index is 860. The van der Waals surface area contributed by atoms with Gasteiger partial charge < -0.3 is 24.1 Å². The molecule has 0 aliphatic rings. The van der Waals surface area contributed by atoms with E-state index in [9.17, 15) is 14.7 Å². The zero-order chi connectivity index (χ0) is 21.4. The van der Waals surface area contributed by atoms with E-state index in [2.05, 4.69) is 0 Å². The SMILES string of the molecule is CCOC(=O)Cc1ccc(OC(=O)C(CC)c2ccc(O)c(OC)c2)c(OC)c1. The van der Waals surface area contributed by atoms with Gasteiger partial charge in [0.25, 0.3) is 0 Å². The summed E-state index contributed by atoms with van der Waals surface area (Å²) in [5.41, 5.74) is 1.36. The molecule has 0 spiro atoms. The quantitative estimate of drug-likeness (QED) is 0.506. The smallest absolute Gasteiger partial charge is 0.318 e. The number of hydrogen-bond donors (Lipinski definition) is 1. The van der Waals surface area contributed by atoms with Gasteiger partial charge in [-0.05, 0) is 48.7 Å². The summed E-state index contributed by atoms with van der Waals surface area (Å²) in [5.74, 6) is -0.461. The van der Waals surface area contributed by atoms with Gasteiger partial charge in [0.15, 0.2) is 23.0 Å². The molecule has 0 heterocycles. The van der Waals surface area contributed by atoms with Crippen LogP contribution in [-0.4, -0.2) is 37.9 Å². The molecule has 0 amide bonds. The highest BCUT2D eigenvalue weighted by atomic mass is 16.6. The van der Waals surface area contributed by atoms with E-state index < -0.39 is 11.9 Å². The van der Waals surface area contributed by atoms with Gasteiger partial charge in [-0.15, -0.1) is 0 Å². The second kappa shape index (κ2) is 10.4. The zero-order valence-electron chi connectivity index (χ0n) is 17.1. The number of benzene rings is 2. The highest BCUT2D eigenvalue weighted by Gasteiger charge is 2.23. The predicted molar refractivity (Wildman–Crippen MR) is 107 cm³/mol. The number of phenols is 1. The van der Waals surface area contributed by atoms with Crippen molar-refractivity contribution < 1.29 is 33.6 Å². The normalized spacial score (nSPS) is 11.4. The van der Waals surface area contributed by atoms with Crippen molar-refractivity contribution in [1.29, 1.82) is 0 Å². The molecule has 0 saturated heterocycles. The monoisotopic (exact) mass is 402 g/mol. The molecule has 0 aliphatic carbocycles. The number of carbonyl (C=O) groups excluding carboxylic acids is 2. The number of esters is 2. The summed E-state index contributed by atoms with van der Waals surface area (Å²) in [6, 6.07) is 9.68. The molecule has 7 heteroatoms. The van der Waals surface area contributed by atoms with Crippen LogP contribution >= 0.6 is 0 Å². The lowest BCUT2D eigenvalue weighted by atomic mass is 9.96. The second-order valence-electron chi connectivity index (χ2n) is 6.28. The van der Waals surface area contributed by atoms with Gasteiger partial charge in [-0.25, -0.2) is 0 Å². The summed E-state index contributed by atoms with van der Waals surface area (Å²) in [7, 11) is 2.91. The van der Waals surface area contributed by atoms with Gasteiger partial charge in [-0.1, -0.05) is 19.1 Å². The van der Waals surface area contributed by atoms with E-state index in [-0.39, 0.29) is 29.6 Å². The van der Waals surface area contributed by atoms with Gasteiger partial charge in [0.1, 0.15) is 0 Å². The van der Waals surface area contributed by atoms with Crippen LogP contribution in [0.2, 0.25) is 0 Å². The van der Waals surface area contributed by atoms with Gasteiger partial charge in [-0.3, -0.25) is 9.59 Å². The van der Waals surface area contributed by atoms with E-state index in [1.165, 1.54) is 20.3 Å². The molecule has 0 aliphatic heterocycles. The van der Waals surface area contributed by atoms with Gasteiger partial charge in [-0.2, -0.15) is 0 Å². The molecule has 29 heavy (non-hydrogen) atoms. The molecule has 1 N–H and O–H groups in total. The number of phenolic OH excluding ortho intramolecular Hbond substituents is 1. The van der Waals surface area contributed by atoms with E-state index in [0.717, 1.165) is 0 Å². The third kappa shape index (κ3) is 5.63. The topological polar surface area (TPSA) is 91.3 Å². The first-order chi connectivity index (χ1) is 13.9. The zero-order valence-corrected chi connectivity index (χ0v) is 17.1. The molecule has 1 atom stereocenters. The van der Waals surface area contributed by atoms with Crippen LogP contribution in [0.4, 0.5) is 0 Å². The first-order valence-corrected chi connectivity index (χ1v) is 9.34. The summed E-state index contributed by atoms with van der Waals surface area (Å²) >= 11 is 0. The van der Waals surface area contributed by atoms with Crippen molar-refractivity contribution in [2.24, 2.45) is 0 Å². The Labute approximate surface area is 170 Å². The number of rotatable bonds is 9. The lowest BCUT2D eigenvalue weighted by Gasteiger charge is -2.17. The fraction of sp³-hybridized carbons (Fsp3) is 0.364. The lowest BCUT2D eigenvalue weighted by molar-refractivity contribution is -0.142. The van der Waals surface area contributed by atoms with Crippen molar-refractivity contribution in [1.82, 2.24) is 0 Å². The van der Waals surface area contributed by atoms with E-state index in [1.54, 1.807) is 37.3 Å². The van der Waals surface area contributed by atoms with Crippen molar-refractivity contribution in [2.75, 3.05) is 20.8 Å². The number of hydrogen-bond acceptors (Lipinski definition) is 7. The molecular formula is C22H26O7. The van der Waals surface area contributed by atoms with Crippen LogP contribution in [0.15, 0.2) is 36.4 Å². The molecule has 2 rings (SSSR count). The van der Waals surface area contributed by atoms with Crippen molar-refractivity contribution >= 4 is 11.9 Å². The molecule has 0 bridgehead atoms. The molecule has 0 aromatic heterocycles. The lowest BCUT2D eigenvalue weighted by Crippen LogP contribution is -2.19. The molecule has 2 aromatic rings. The first-order valence-electron chi connectivity index (χ1n) is 9.34. The number of aromatic hydroxyl groups is 1. The van der Waals surface area contributed by atoms with Crippen molar-refractivity contribution in [3.05, 3.63) is 47.5 Å². The van der Waals surface area contributed by atoms with E-state index >= 15 is 0 Å². The highest BCUT2D eigenvalue weighted by molar-refractivity contribution is 5.81. The van der Waals surface area contributed by atoms with Crippen molar-refractivity contribution in [2.45, 2.75) is 32.6 Å². The number of methoxy groups -OCH3 is 2.